The molecule has 1 atom stereocenters. The third kappa shape index (κ3) is 4.97. The van der Waals surface area contributed by atoms with E-state index >= 15 is 0 Å². The van der Waals surface area contributed by atoms with Crippen molar-refractivity contribution in [2.45, 2.75) is 32.4 Å². The monoisotopic (exact) mass is 440 g/mol. The quantitative estimate of drug-likeness (QED) is 0.584. The van der Waals surface area contributed by atoms with Crippen molar-refractivity contribution in [3.8, 4) is 0 Å². The molecule has 1 saturated heterocycles. The van der Waals surface area contributed by atoms with Crippen molar-refractivity contribution < 1.29 is 9.18 Å². The number of benzene rings is 2. The van der Waals surface area contributed by atoms with Crippen LogP contribution in [0.5, 0.6) is 0 Å². The Morgan fingerprint density at radius 3 is 2.48 bits per heavy atom. The van der Waals surface area contributed by atoms with Crippen molar-refractivity contribution in [1.29, 1.82) is 0 Å². The van der Waals surface area contributed by atoms with E-state index in [1.54, 1.807) is 23.7 Å². The number of amides is 1. The summed E-state index contributed by atoms with van der Waals surface area (Å²) >= 11 is 6.52. The largest absolute Gasteiger partial charge is 0.350 e. The lowest BCUT2D eigenvalue weighted by Gasteiger charge is -2.28. The zero-order valence-electron chi connectivity index (χ0n) is 17.5. The number of halogens is 2. The number of carbonyl (C=O) groups excluding carboxylic acids is 1. The van der Waals surface area contributed by atoms with E-state index in [1.165, 1.54) is 30.5 Å². The van der Waals surface area contributed by atoms with Gasteiger partial charge in [0.2, 0.25) is 0 Å². The Bertz CT molecular complexity index is 1030. The van der Waals surface area contributed by atoms with Crippen molar-refractivity contribution in [2.24, 2.45) is 0 Å². The summed E-state index contributed by atoms with van der Waals surface area (Å²) in [5, 5.41) is 7.79. The van der Waals surface area contributed by atoms with Gasteiger partial charge in [-0.3, -0.25) is 9.69 Å². The fourth-order valence-corrected chi connectivity index (χ4v) is 4.46. The summed E-state index contributed by atoms with van der Waals surface area (Å²) < 4.78 is 14.7. The van der Waals surface area contributed by atoms with Gasteiger partial charge in [0.1, 0.15) is 11.0 Å². The van der Waals surface area contributed by atoms with Crippen LogP contribution in [0.1, 0.15) is 46.1 Å². The number of aromatic nitrogens is 2. The molecule has 31 heavy (non-hydrogen) atoms. The average molecular weight is 441 g/mol. The lowest BCUT2D eigenvalue weighted by Crippen LogP contribution is -2.37. The highest BCUT2D eigenvalue weighted by molar-refractivity contribution is 6.33. The maximum absolute atomic E-state index is 13.2. The van der Waals surface area contributed by atoms with Crippen molar-refractivity contribution in [3.63, 3.8) is 0 Å². The highest BCUT2D eigenvalue weighted by Gasteiger charge is 2.26. The number of hydrogen-bond acceptors (Lipinski definition) is 3. The molecular weight excluding hydrogens is 415 g/mol. The topological polar surface area (TPSA) is 50.2 Å². The predicted molar refractivity (Wildman–Crippen MR) is 120 cm³/mol. The maximum atomic E-state index is 13.2. The van der Waals surface area contributed by atoms with E-state index in [9.17, 15) is 9.18 Å². The summed E-state index contributed by atoms with van der Waals surface area (Å²) in [7, 11) is 0. The molecule has 1 amide bonds. The number of aryl methyl sites for hydroxylation is 1. The molecule has 1 aliphatic heterocycles. The van der Waals surface area contributed by atoms with Crippen LogP contribution in [0.15, 0.2) is 54.6 Å². The molecule has 0 saturated carbocycles. The summed E-state index contributed by atoms with van der Waals surface area (Å²) in [5.41, 5.74) is 3.01. The third-order valence-corrected chi connectivity index (χ3v) is 6.14. The van der Waals surface area contributed by atoms with Gasteiger partial charge in [0, 0.05) is 6.54 Å². The minimum absolute atomic E-state index is 0.126. The molecule has 3 aromatic rings. The van der Waals surface area contributed by atoms with Crippen LogP contribution >= 0.6 is 11.6 Å². The number of carbonyl (C=O) groups is 1. The normalized spacial score (nSPS) is 15.2. The molecule has 2 heterocycles. The zero-order valence-corrected chi connectivity index (χ0v) is 18.3. The molecule has 4 rings (SSSR count). The second-order valence-corrected chi connectivity index (χ2v) is 8.27. The predicted octanol–water partition coefficient (Wildman–Crippen LogP) is 4.60. The van der Waals surface area contributed by atoms with Gasteiger partial charge in [0.15, 0.2) is 0 Å². The Kier molecular flexibility index (Phi) is 6.68. The first-order chi connectivity index (χ1) is 15.0. The van der Waals surface area contributed by atoms with Crippen LogP contribution in [0.4, 0.5) is 4.39 Å². The van der Waals surface area contributed by atoms with Crippen molar-refractivity contribution in [1.82, 2.24) is 20.0 Å². The molecule has 1 unspecified atom stereocenters. The zero-order chi connectivity index (χ0) is 21.8. The van der Waals surface area contributed by atoms with Gasteiger partial charge in [0.25, 0.3) is 5.91 Å². The fourth-order valence-electron chi connectivity index (χ4n) is 4.14. The van der Waals surface area contributed by atoms with Gasteiger partial charge in [0.05, 0.1) is 23.8 Å². The van der Waals surface area contributed by atoms with Gasteiger partial charge >= 0.3 is 0 Å². The van der Waals surface area contributed by atoms with Gasteiger partial charge in [-0.2, -0.15) is 5.10 Å². The Labute approximate surface area is 186 Å². The number of rotatable bonds is 7. The first kappa shape index (κ1) is 21.5. The summed E-state index contributed by atoms with van der Waals surface area (Å²) in [5.74, 6) is -0.523. The molecule has 0 aliphatic carbocycles. The van der Waals surface area contributed by atoms with Crippen molar-refractivity contribution in [2.75, 3.05) is 19.6 Å². The van der Waals surface area contributed by atoms with Gasteiger partial charge in [-0.1, -0.05) is 54.1 Å². The summed E-state index contributed by atoms with van der Waals surface area (Å²) in [6.45, 7) is 4.71. The molecule has 5 nitrogen and oxygen atoms in total. The van der Waals surface area contributed by atoms with Crippen LogP contribution in [0.2, 0.25) is 5.15 Å². The van der Waals surface area contributed by atoms with E-state index in [-0.39, 0.29) is 22.9 Å². The third-order valence-electron chi connectivity index (χ3n) is 5.76. The lowest BCUT2D eigenvalue weighted by molar-refractivity contribution is 0.0937. The summed E-state index contributed by atoms with van der Waals surface area (Å²) in [6.07, 6.45) is 2.36. The van der Waals surface area contributed by atoms with E-state index in [4.69, 9.17) is 11.6 Å². The van der Waals surface area contributed by atoms with Crippen LogP contribution in [-0.2, 0) is 6.54 Å². The SMILES string of the molecule is Cc1nn(Cc2ccc(F)cc2)c(Cl)c1C(=O)NCC(c1ccccc1)N1CCCC1. The van der Waals surface area contributed by atoms with Gasteiger partial charge in [-0.25, -0.2) is 9.07 Å². The van der Waals surface area contributed by atoms with Crippen LogP contribution in [0.25, 0.3) is 0 Å². The van der Waals surface area contributed by atoms with Crippen LogP contribution < -0.4 is 5.32 Å². The minimum Gasteiger partial charge on any atom is -0.350 e. The average Bonchev–Trinajstić information content (AvgIpc) is 3.39. The molecule has 2 aromatic carbocycles. The molecule has 162 valence electrons. The van der Waals surface area contributed by atoms with Crippen LogP contribution in [-0.4, -0.2) is 40.2 Å². The minimum atomic E-state index is -0.294. The Morgan fingerprint density at radius 1 is 1.13 bits per heavy atom. The molecule has 7 heteroatoms. The van der Waals surface area contributed by atoms with E-state index in [0.29, 0.717) is 24.3 Å². The maximum Gasteiger partial charge on any atom is 0.256 e. The van der Waals surface area contributed by atoms with Crippen molar-refractivity contribution in [3.05, 3.63) is 88.0 Å². The van der Waals surface area contributed by atoms with Crippen LogP contribution in [0.3, 0.4) is 0 Å². The standard InChI is InChI=1S/C24H26ClFN4O/c1-17-22(23(25)30(28-17)16-18-9-11-20(26)12-10-18)24(31)27-15-21(29-13-5-6-14-29)19-7-3-2-4-8-19/h2-4,7-12,21H,5-6,13-16H2,1H3,(H,27,31). The lowest BCUT2D eigenvalue weighted by atomic mass is 10.1. The molecule has 1 aliphatic rings. The van der Waals surface area contributed by atoms with Gasteiger partial charge in [-0.15, -0.1) is 0 Å². The second-order valence-electron chi connectivity index (χ2n) is 7.91. The first-order valence-electron chi connectivity index (χ1n) is 10.6. The molecular formula is C24H26ClFN4O. The molecule has 1 N–H and O–H groups in total. The number of nitrogens with one attached hydrogen (secondary N) is 1. The first-order valence-corrected chi connectivity index (χ1v) is 11.0. The summed E-state index contributed by atoms with van der Waals surface area (Å²) in [4.78, 5) is 15.4. The van der Waals surface area contributed by atoms with Crippen molar-refractivity contribution >= 4 is 17.5 Å². The van der Waals surface area contributed by atoms with E-state index in [1.807, 2.05) is 18.2 Å². The highest BCUT2D eigenvalue weighted by atomic mass is 35.5. The number of hydrogen-bond donors (Lipinski definition) is 1. The molecule has 0 radical (unpaired) electrons. The summed E-state index contributed by atoms with van der Waals surface area (Å²) in [6, 6.07) is 16.6. The Balaban J connectivity index is 1.48. The molecule has 0 bridgehead atoms. The van der Waals surface area contributed by atoms with Crippen LogP contribution in [0, 0.1) is 12.7 Å². The Hall–Kier alpha value is -2.70. The number of nitrogens with zero attached hydrogens (tertiary/aromatic N) is 3. The van der Waals surface area contributed by atoms with E-state index < -0.39 is 0 Å². The Morgan fingerprint density at radius 2 is 1.81 bits per heavy atom. The molecule has 1 aromatic heterocycles. The van der Waals surface area contributed by atoms with Gasteiger partial charge in [-0.05, 0) is 56.1 Å². The highest BCUT2D eigenvalue weighted by Crippen LogP contribution is 2.25. The molecule has 1 fully saturated rings. The number of likely N-dealkylation sites (tertiary alicyclic amines) is 1. The fraction of sp³-hybridized carbons (Fsp3) is 0.333. The van der Waals surface area contributed by atoms with E-state index in [0.717, 1.165) is 18.7 Å². The van der Waals surface area contributed by atoms with Gasteiger partial charge < -0.3 is 5.32 Å². The smallest absolute Gasteiger partial charge is 0.256 e. The second kappa shape index (κ2) is 9.62. The molecule has 0 spiro atoms. The van der Waals surface area contributed by atoms with E-state index in [2.05, 4.69) is 27.4 Å².